The molecule has 2 aromatic carbocycles. The number of amidine groups is 1. The molecule has 5 heteroatoms. The molecule has 2 atom stereocenters. The number of carbonyl (C=O) groups excluding carboxylic acids is 1. The first kappa shape index (κ1) is 17.4. The van der Waals surface area contributed by atoms with Gasteiger partial charge < -0.3 is 0 Å². The van der Waals surface area contributed by atoms with E-state index in [4.69, 9.17) is 5.10 Å². The lowest BCUT2D eigenvalue weighted by molar-refractivity contribution is -0.115. The summed E-state index contributed by atoms with van der Waals surface area (Å²) in [4.78, 5) is 16.0. The zero-order chi connectivity index (χ0) is 18.9. The van der Waals surface area contributed by atoms with Gasteiger partial charge in [0.15, 0.2) is 5.17 Å². The molecule has 0 saturated heterocycles. The first-order valence-corrected chi connectivity index (χ1v) is 10.7. The first-order chi connectivity index (χ1) is 13.8. The summed E-state index contributed by atoms with van der Waals surface area (Å²) in [7, 11) is 0. The average Bonchev–Trinajstić information content (AvgIpc) is 3.33. The van der Waals surface area contributed by atoms with E-state index in [0.29, 0.717) is 11.7 Å². The van der Waals surface area contributed by atoms with Crippen molar-refractivity contribution in [3.8, 4) is 0 Å². The zero-order valence-electron chi connectivity index (χ0n) is 15.5. The molecule has 1 fully saturated rings. The van der Waals surface area contributed by atoms with Crippen LogP contribution in [0.15, 0.2) is 76.3 Å². The number of nitrogens with zero attached hydrogens (tertiary/aromatic N) is 3. The highest BCUT2D eigenvalue weighted by Gasteiger charge is 2.43. The van der Waals surface area contributed by atoms with Crippen molar-refractivity contribution in [1.82, 2.24) is 5.01 Å². The van der Waals surface area contributed by atoms with Crippen LogP contribution in [0.25, 0.3) is 6.08 Å². The first-order valence-electron chi connectivity index (χ1n) is 9.72. The third kappa shape index (κ3) is 3.20. The van der Waals surface area contributed by atoms with Crippen LogP contribution in [0.5, 0.6) is 0 Å². The standard InChI is InChI=1S/C23H21N3OS/c27-20-15-28-23(24-20)26-22(17-10-5-2-6-11-17)19-13-7-12-18(21(19)25-26)14-16-8-3-1-4-9-16/h1-6,8-11,14,19,22H,7,12-13,15H2/b18-14-. The highest BCUT2D eigenvalue weighted by Crippen LogP contribution is 2.45. The Balaban J connectivity index is 1.57. The van der Waals surface area contributed by atoms with Crippen LogP contribution in [0, 0.1) is 5.92 Å². The number of rotatable bonds is 2. The van der Waals surface area contributed by atoms with Crippen molar-refractivity contribution in [2.45, 2.75) is 25.3 Å². The van der Waals surface area contributed by atoms with E-state index >= 15 is 0 Å². The maximum atomic E-state index is 11.8. The van der Waals surface area contributed by atoms with Gasteiger partial charge in [0.05, 0.1) is 17.5 Å². The molecular weight excluding hydrogens is 366 g/mol. The summed E-state index contributed by atoms with van der Waals surface area (Å²) in [5.74, 6) is 0.669. The Bertz CT molecular complexity index is 981. The molecule has 0 N–H and O–H groups in total. The van der Waals surface area contributed by atoms with Crippen LogP contribution in [-0.4, -0.2) is 27.5 Å². The monoisotopic (exact) mass is 387 g/mol. The number of allylic oxidation sites excluding steroid dienone is 1. The summed E-state index contributed by atoms with van der Waals surface area (Å²) in [6, 6.07) is 21.1. The summed E-state index contributed by atoms with van der Waals surface area (Å²) in [6.07, 6.45) is 5.56. The second-order valence-electron chi connectivity index (χ2n) is 7.34. The van der Waals surface area contributed by atoms with E-state index in [1.54, 1.807) is 0 Å². The molecule has 2 unspecified atom stereocenters. The summed E-state index contributed by atoms with van der Waals surface area (Å²) < 4.78 is 0. The van der Waals surface area contributed by atoms with Crippen LogP contribution in [0.4, 0.5) is 0 Å². The van der Waals surface area contributed by atoms with Gasteiger partial charge in [0.1, 0.15) is 0 Å². The molecule has 140 valence electrons. The summed E-state index contributed by atoms with van der Waals surface area (Å²) in [5.41, 5.74) is 4.90. The molecule has 2 heterocycles. The van der Waals surface area contributed by atoms with Gasteiger partial charge in [-0.05, 0) is 42.0 Å². The number of fused-ring (bicyclic) bond motifs is 1. The normalized spacial score (nSPS) is 25.6. The van der Waals surface area contributed by atoms with E-state index in [9.17, 15) is 4.79 Å². The van der Waals surface area contributed by atoms with Gasteiger partial charge in [-0.25, -0.2) is 5.01 Å². The van der Waals surface area contributed by atoms with Crippen LogP contribution in [0.1, 0.15) is 36.4 Å². The maximum Gasteiger partial charge on any atom is 0.258 e. The zero-order valence-corrected chi connectivity index (χ0v) is 16.3. The largest absolute Gasteiger partial charge is 0.272 e. The molecule has 1 aliphatic carbocycles. The lowest BCUT2D eigenvalue weighted by Gasteiger charge is -2.30. The van der Waals surface area contributed by atoms with Crippen molar-refractivity contribution in [2.75, 3.05) is 5.75 Å². The van der Waals surface area contributed by atoms with Crippen molar-refractivity contribution in [2.24, 2.45) is 16.0 Å². The Morgan fingerprint density at radius 2 is 1.79 bits per heavy atom. The van der Waals surface area contributed by atoms with E-state index in [-0.39, 0.29) is 11.9 Å². The molecule has 0 bridgehead atoms. The summed E-state index contributed by atoms with van der Waals surface area (Å²) in [6.45, 7) is 0. The van der Waals surface area contributed by atoms with E-state index in [1.165, 1.54) is 28.5 Å². The van der Waals surface area contributed by atoms with Gasteiger partial charge in [0.2, 0.25) is 0 Å². The average molecular weight is 388 g/mol. The maximum absolute atomic E-state index is 11.8. The molecule has 5 rings (SSSR count). The number of carbonyl (C=O) groups is 1. The van der Waals surface area contributed by atoms with Crippen LogP contribution in [0.3, 0.4) is 0 Å². The van der Waals surface area contributed by atoms with E-state index in [2.05, 4.69) is 59.6 Å². The van der Waals surface area contributed by atoms with Crippen molar-refractivity contribution >= 4 is 34.6 Å². The Morgan fingerprint density at radius 3 is 2.50 bits per heavy atom. The van der Waals surface area contributed by atoms with Gasteiger partial charge in [-0.1, -0.05) is 72.4 Å². The minimum Gasteiger partial charge on any atom is -0.272 e. The van der Waals surface area contributed by atoms with Gasteiger partial charge in [0, 0.05) is 5.92 Å². The van der Waals surface area contributed by atoms with E-state index < -0.39 is 0 Å². The quantitative estimate of drug-likeness (QED) is 0.735. The smallest absolute Gasteiger partial charge is 0.258 e. The predicted molar refractivity (Wildman–Crippen MR) is 115 cm³/mol. The molecule has 0 spiro atoms. The van der Waals surface area contributed by atoms with Gasteiger partial charge >= 0.3 is 0 Å². The minimum atomic E-state index is -0.0677. The molecule has 2 aliphatic heterocycles. The molecule has 4 nitrogen and oxygen atoms in total. The summed E-state index contributed by atoms with van der Waals surface area (Å²) >= 11 is 1.50. The number of hydrazone groups is 1. The lowest BCUT2D eigenvalue weighted by atomic mass is 9.77. The predicted octanol–water partition coefficient (Wildman–Crippen LogP) is 4.91. The lowest BCUT2D eigenvalue weighted by Crippen LogP contribution is -2.30. The van der Waals surface area contributed by atoms with Crippen LogP contribution in [-0.2, 0) is 4.79 Å². The van der Waals surface area contributed by atoms with Crippen molar-refractivity contribution in [1.29, 1.82) is 0 Å². The fourth-order valence-corrected chi connectivity index (χ4v) is 5.08. The fraction of sp³-hybridized carbons (Fsp3) is 0.261. The molecular formula is C23H21N3OS. The Kier molecular flexibility index (Phi) is 4.61. The SMILES string of the molecule is O=C1CSC(N2N=C3/C(=C\c4ccccc4)CCCC3C2c2ccccc2)=N1. The number of benzene rings is 2. The molecule has 2 aromatic rings. The van der Waals surface area contributed by atoms with E-state index in [1.807, 2.05) is 17.1 Å². The molecule has 1 amide bonds. The topological polar surface area (TPSA) is 45.0 Å². The number of hydrogen-bond acceptors (Lipinski definition) is 4. The summed E-state index contributed by atoms with van der Waals surface area (Å²) in [5, 5.41) is 7.78. The Hall–Kier alpha value is -2.66. The third-order valence-electron chi connectivity index (χ3n) is 5.52. The van der Waals surface area contributed by atoms with Crippen molar-refractivity contribution < 1.29 is 4.79 Å². The van der Waals surface area contributed by atoms with Gasteiger partial charge in [-0.15, -0.1) is 0 Å². The van der Waals surface area contributed by atoms with Gasteiger partial charge in [-0.3, -0.25) is 4.79 Å². The molecule has 0 radical (unpaired) electrons. The number of thioether (sulfide) groups is 1. The Morgan fingerprint density at radius 1 is 1.04 bits per heavy atom. The fourth-order valence-electron chi connectivity index (χ4n) is 4.31. The number of aliphatic imine (C=N–C) groups is 1. The van der Waals surface area contributed by atoms with Crippen LogP contribution in [0.2, 0.25) is 0 Å². The molecule has 28 heavy (non-hydrogen) atoms. The van der Waals surface area contributed by atoms with Crippen LogP contribution < -0.4 is 0 Å². The Labute approximate surface area is 169 Å². The van der Waals surface area contributed by atoms with E-state index in [0.717, 1.165) is 30.1 Å². The molecule has 0 aromatic heterocycles. The molecule has 1 saturated carbocycles. The highest BCUT2D eigenvalue weighted by atomic mass is 32.2. The van der Waals surface area contributed by atoms with Gasteiger partial charge in [-0.2, -0.15) is 10.1 Å². The molecule has 3 aliphatic rings. The van der Waals surface area contributed by atoms with Crippen molar-refractivity contribution in [3.63, 3.8) is 0 Å². The second kappa shape index (κ2) is 7.40. The minimum absolute atomic E-state index is 0.0677. The number of hydrogen-bond donors (Lipinski definition) is 0. The highest BCUT2D eigenvalue weighted by molar-refractivity contribution is 8.14. The third-order valence-corrected chi connectivity index (χ3v) is 6.45. The van der Waals surface area contributed by atoms with Crippen molar-refractivity contribution in [3.05, 3.63) is 77.4 Å². The van der Waals surface area contributed by atoms with Gasteiger partial charge in [0.25, 0.3) is 5.91 Å². The number of amides is 1. The second-order valence-corrected chi connectivity index (χ2v) is 8.28. The van der Waals surface area contributed by atoms with Crippen LogP contribution >= 0.6 is 11.8 Å².